The maximum absolute atomic E-state index is 13.7. The van der Waals surface area contributed by atoms with Gasteiger partial charge in [-0.05, 0) is 62.2 Å². The Balaban J connectivity index is 1.33. The average Bonchev–Trinajstić information content (AvgIpc) is 3.35. The van der Waals surface area contributed by atoms with Gasteiger partial charge in [-0.1, -0.05) is 127 Å². The van der Waals surface area contributed by atoms with Crippen molar-refractivity contribution in [2.45, 2.75) is 11.3 Å². The summed E-state index contributed by atoms with van der Waals surface area (Å²) in [5, 5.41) is 0. The van der Waals surface area contributed by atoms with Crippen molar-refractivity contribution >= 4 is 11.6 Å². The molecule has 0 aromatic heterocycles. The van der Waals surface area contributed by atoms with Crippen LogP contribution < -0.4 is 0 Å². The first-order chi connectivity index (χ1) is 20.7. The normalized spacial score (nSPS) is 15.3. The predicted octanol–water partition coefficient (Wildman–Crippen LogP) is 8.32. The fourth-order valence-corrected chi connectivity index (χ4v) is 7.96. The van der Waals surface area contributed by atoms with Gasteiger partial charge >= 0.3 is 0 Å². The summed E-state index contributed by atoms with van der Waals surface area (Å²) in [6.45, 7) is 0. The molecule has 2 nitrogen and oxygen atoms in total. The lowest BCUT2D eigenvalue weighted by atomic mass is 9.58. The molecule has 3 aliphatic carbocycles. The van der Waals surface area contributed by atoms with Gasteiger partial charge in [0.15, 0.2) is 11.6 Å². The van der Waals surface area contributed by atoms with E-state index in [1.54, 1.807) is 12.1 Å². The van der Waals surface area contributed by atoms with Crippen molar-refractivity contribution in [2.75, 3.05) is 0 Å². The van der Waals surface area contributed by atoms with E-state index in [2.05, 4.69) is 97.1 Å². The summed E-state index contributed by atoms with van der Waals surface area (Å²) in [4.78, 5) is 27.1. The van der Waals surface area contributed by atoms with Gasteiger partial charge in [0, 0.05) is 28.2 Å². The maximum atomic E-state index is 13.7. The molecule has 2 heteroatoms. The third-order valence-corrected chi connectivity index (χ3v) is 9.59. The van der Waals surface area contributed by atoms with Crippen molar-refractivity contribution in [3.05, 3.63) is 201 Å². The number of rotatable bonds is 1. The second-order valence-corrected chi connectivity index (χ2v) is 11.5. The second-order valence-electron chi connectivity index (χ2n) is 11.5. The minimum absolute atomic E-state index is 0.0884. The first kappa shape index (κ1) is 23.4. The fraction of sp³-hybridized carbons (Fsp3) is 0.0500. The highest BCUT2D eigenvalue weighted by Crippen LogP contribution is 2.61. The maximum Gasteiger partial charge on any atom is 0.194 e. The third-order valence-electron chi connectivity index (χ3n) is 9.59. The Morgan fingerprint density at radius 2 is 0.786 bits per heavy atom. The fourth-order valence-electron chi connectivity index (χ4n) is 7.96. The van der Waals surface area contributed by atoms with Crippen LogP contribution in [-0.4, -0.2) is 11.6 Å². The first-order valence-electron chi connectivity index (χ1n) is 14.4. The molecule has 0 saturated heterocycles. The highest BCUT2D eigenvalue weighted by atomic mass is 16.1. The molecule has 196 valence electrons. The van der Waals surface area contributed by atoms with Crippen LogP contribution in [-0.2, 0) is 5.41 Å². The lowest BCUT2D eigenvalue weighted by Gasteiger charge is -2.43. The summed E-state index contributed by atoms with van der Waals surface area (Å²) < 4.78 is 0. The lowest BCUT2D eigenvalue weighted by molar-refractivity contribution is 0.0979. The smallest absolute Gasteiger partial charge is 0.194 e. The molecular weight excluding hydrogens is 512 g/mol. The molecule has 3 aliphatic rings. The van der Waals surface area contributed by atoms with Gasteiger partial charge in [0.1, 0.15) is 0 Å². The summed E-state index contributed by atoms with van der Waals surface area (Å²) in [5.41, 5.74) is 12.6. The van der Waals surface area contributed by atoms with E-state index in [0.717, 1.165) is 5.56 Å². The van der Waals surface area contributed by atoms with E-state index >= 15 is 0 Å². The topological polar surface area (TPSA) is 34.1 Å². The Kier molecular flexibility index (Phi) is 4.64. The molecule has 0 fully saturated rings. The van der Waals surface area contributed by atoms with Crippen LogP contribution in [0.25, 0.3) is 11.1 Å². The van der Waals surface area contributed by atoms with Gasteiger partial charge in [-0.15, -0.1) is 0 Å². The molecule has 0 unspecified atom stereocenters. The van der Waals surface area contributed by atoms with Crippen molar-refractivity contribution in [1.29, 1.82) is 0 Å². The van der Waals surface area contributed by atoms with Gasteiger partial charge < -0.3 is 0 Å². The van der Waals surface area contributed by atoms with E-state index < -0.39 is 5.41 Å². The van der Waals surface area contributed by atoms with Crippen LogP contribution in [0, 0.1) is 0 Å². The first-order valence-corrected chi connectivity index (χ1v) is 14.4. The van der Waals surface area contributed by atoms with Gasteiger partial charge in [0.2, 0.25) is 0 Å². The Labute approximate surface area is 243 Å². The van der Waals surface area contributed by atoms with E-state index in [4.69, 9.17) is 0 Å². The van der Waals surface area contributed by atoms with Crippen molar-refractivity contribution in [3.63, 3.8) is 0 Å². The van der Waals surface area contributed by atoms with Crippen LogP contribution >= 0.6 is 0 Å². The molecule has 6 aromatic rings. The predicted molar refractivity (Wildman–Crippen MR) is 164 cm³/mol. The van der Waals surface area contributed by atoms with Crippen molar-refractivity contribution in [3.8, 4) is 11.1 Å². The Hall–Kier alpha value is -5.34. The Morgan fingerprint density at radius 3 is 1.33 bits per heavy atom. The number of benzene rings is 6. The van der Waals surface area contributed by atoms with E-state index in [9.17, 15) is 9.59 Å². The minimum atomic E-state index is -0.449. The highest BCUT2D eigenvalue weighted by Gasteiger charge is 2.51. The van der Waals surface area contributed by atoms with Crippen LogP contribution in [0.4, 0.5) is 0 Å². The van der Waals surface area contributed by atoms with Crippen molar-refractivity contribution in [2.24, 2.45) is 0 Å². The van der Waals surface area contributed by atoms with Gasteiger partial charge in [0.05, 0.1) is 5.41 Å². The van der Waals surface area contributed by atoms with Crippen LogP contribution in [0.15, 0.2) is 140 Å². The van der Waals surface area contributed by atoms with Crippen LogP contribution in [0.5, 0.6) is 0 Å². The van der Waals surface area contributed by atoms with Crippen LogP contribution in [0.1, 0.15) is 76.7 Å². The molecule has 42 heavy (non-hydrogen) atoms. The number of carbonyl (C=O) groups excluding carboxylic acids is 2. The second kappa shape index (κ2) is 8.34. The summed E-state index contributed by atoms with van der Waals surface area (Å²) in [5.74, 6) is -0.266. The van der Waals surface area contributed by atoms with E-state index in [0.29, 0.717) is 22.3 Å². The minimum Gasteiger partial charge on any atom is -0.289 e. The molecule has 0 atom stereocenters. The number of ketones is 2. The molecule has 0 radical (unpaired) electrons. The summed E-state index contributed by atoms with van der Waals surface area (Å²) in [7, 11) is 0. The molecule has 9 rings (SSSR count). The molecule has 0 heterocycles. The van der Waals surface area contributed by atoms with Gasteiger partial charge in [-0.2, -0.15) is 0 Å². The zero-order valence-corrected chi connectivity index (χ0v) is 22.7. The molecule has 6 aromatic carbocycles. The number of hydrogen-bond donors (Lipinski definition) is 0. The average molecular weight is 537 g/mol. The summed E-state index contributed by atoms with van der Waals surface area (Å²) in [6.07, 6.45) is 0. The standard InChI is InChI=1S/C40H24O2/c41-38-27-13-1-2-14-28(27)39(42)32-23-24(21-22-29(32)38)37-30-15-5-9-19-35(30)40(36-20-10-6-16-31(36)37)33-17-7-3-11-25(33)26-12-4-8-18-34(26)40/h1-23,37H. The van der Waals surface area contributed by atoms with Crippen molar-refractivity contribution in [1.82, 2.24) is 0 Å². The summed E-state index contributed by atoms with van der Waals surface area (Å²) in [6, 6.07) is 48.2. The molecule has 0 saturated carbocycles. The zero-order chi connectivity index (χ0) is 28.0. The van der Waals surface area contributed by atoms with Gasteiger partial charge in [-0.3, -0.25) is 9.59 Å². The van der Waals surface area contributed by atoms with Gasteiger partial charge in [0.25, 0.3) is 0 Å². The third kappa shape index (κ3) is 2.79. The Bertz CT molecular complexity index is 2060. The highest BCUT2D eigenvalue weighted by molar-refractivity contribution is 6.28. The largest absolute Gasteiger partial charge is 0.289 e. The van der Waals surface area contributed by atoms with E-state index in [1.807, 2.05) is 30.3 Å². The molecule has 0 aliphatic heterocycles. The van der Waals surface area contributed by atoms with Crippen LogP contribution in [0.2, 0.25) is 0 Å². The molecule has 1 spiro atoms. The molecule has 0 bridgehead atoms. The molecule has 0 N–H and O–H groups in total. The zero-order valence-electron chi connectivity index (χ0n) is 22.7. The number of hydrogen-bond acceptors (Lipinski definition) is 2. The van der Waals surface area contributed by atoms with Crippen molar-refractivity contribution < 1.29 is 9.59 Å². The summed E-state index contributed by atoms with van der Waals surface area (Å²) >= 11 is 0. The lowest BCUT2D eigenvalue weighted by Crippen LogP contribution is -2.36. The van der Waals surface area contributed by atoms with Gasteiger partial charge in [-0.25, -0.2) is 0 Å². The molecular formula is C40H24O2. The van der Waals surface area contributed by atoms with E-state index in [1.165, 1.54) is 44.5 Å². The number of carbonyl (C=O) groups is 2. The SMILES string of the molecule is O=C1c2ccccc2C(=O)c2cc(C3c4ccccc4C4(c5ccccc5-c5ccccc54)c4ccccc43)ccc21. The monoisotopic (exact) mass is 536 g/mol. The van der Waals surface area contributed by atoms with Crippen LogP contribution in [0.3, 0.4) is 0 Å². The molecule has 0 amide bonds. The quantitative estimate of drug-likeness (QED) is 0.211. The Morgan fingerprint density at radius 1 is 0.381 bits per heavy atom. The number of fused-ring (bicyclic) bond motifs is 11. The van der Waals surface area contributed by atoms with E-state index in [-0.39, 0.29) is 17.5 Å².